The van der Waals surface area contributed by atoms with Crippen LogP contribution in [-0.4, -0.2) is 39.2 Å². The second kappa shape index (κ2) is 6.99. The highest BCUT2D eigenvalue weighted by Crippen LogP contribution is 2.20. The van der Waals surface area contributed by atoms with Crippen LogP contribution in [0.2, 0.25) is 0 Å². The van der Waals surface area contributed by atoms with E-state index >= 15 is 0 Å². The maximum absolute atomic E-state index is 10.8. The summed E-state index contributed by atoms with van der Waals surface area (Å²) in [6.07, 6.45) is 0.867. The number of carboxylic acid groups (broad SMARTS) is 1. The molecule has 0 aliphatic carbocycles. The fraction of sp³-hybridized carbons (Fsp3) is 0.400. The Hall–Kier alpha value is -2.21. The van der Waals surface area contributed by atoms with Crippen LogP contribution in [0.15, 0.2) is 28.8 Å². The number of aliphatic carboxylic acids is 1. The van der Waals surface area contributed by atoms with Crippen LogP contribution in [0.5, 0.6) is 0 Å². The molecule has 6 heteroatoms. The van der Waals surface area contributed by atoms with E-state index < -0.39 is 5.97 Å². The largest absolute Gasteiger partial charge is 0.480 e. The summed E-state index contributed by atoms with van der Waals surface area (Å²) < 4.78 is 5.24. The lowest BCUT2D eigenvalue weighted by Gasteiger charge is -2.16. The smallest absolute Gasteiger partial charge is 0.317 e. The minimum Gasteiger partial charge on any atom is -0.480 e. The van der Waals surface area contributed by atoms with Crippen LogP contribution in [0.25, 0.3) is 11.4 Å². The molecule has 1 N–H and O–H groups in total. The third-order valence-corrected chi connectivity index (χ3v) is 3.11. The Labute approximate surface area is 123 Å². The molecular formula is C15H19N3O3. The first-order chi connectivity index (χ1) is 10.1. The third-order valence-electron chi connectivity index (χ3n) is 3.11. The molecule has 1 aromatic heterocycles. The van der Waals surface area contributed by atoms with Crippen molar-refractivity contribution >= 4 is 5.97 Å². The van der Waals surface area contributed by atoms with Gasteiger partial charge in [0.15, 0.2) is 0 Å². The Morgan fingerprint density at radius 3 is 2.81 bits per heavy atom. The van der Waals surface area contributed by atoms with Gasteiger partial charge in [0, 0.05) is 5.56 Å². The van der Waals surface area contributed by atoms with Crippen LogP contribution < -0.4 is 0 Å². The number of benzene rings is 1. The molecule has 112 valence electrons. The predicted octanol–water partition coefficient (Wildman–Crippen LogP) is 2.34. The van der Waals surface area contributed by atoms with Gasteiger partial charge in [0.05, 0.1) is 13.1 Å². The Bertz CT molecular complexity index is 610. The summed E-state index contributed by atoms with van der Waals surface area (Å²) in [5.74, 6) is 0.111. The highest BCUT2D eigenvalue weighted by atomic mass is 16.5. The minimum absolute atomic E-state index is 0.0318. The van der Waals surface area contributed by atoms with Gasteiger partial charge in [-0.2, -0.15) is 4.98 Å². The van der Waals surface area contributed by atoms with Gasteiger partial charge in [-0.1, -0.05) is 36.3 Å². The van der Waals surface area contributed by atoms with Crippen molar-refractivity contribution in [2.45, 2.75) is 26.8 Å². The average Bonchev–Trinajstić information content (AvgIpc) is 2.87. The quantitative estimate of drug-likeness (QED) is 0.842. The molecule has 0 atom stereocenters. The first-order valence-corrected chi connectivity index (χ1v) is 6.93. The van der Waals surface area contributed by atoms with Crippen molar-refractivity contribution in [2.24, 2.45) is 0 Å². The van der Waals surface area contributed by atoms with Crippen LogP contribution >= 0.6 is 0 Å². The number of hydrogen-bond donors (Lipinski definition) is 1. The molecular weight excluding hydrogens is 270 g/mol. The zero-order valence-electron chi connectivity index (χ0n) is 12.2. The van der Waals surface area contributed by atoms with Crippen LogP contribution in [-0.2, 0) is 11.3 Å². The van der Waals surface area contributed by atoms with Crippen molar-refractivity contribution in [2.75, 3.05) is 13.1 Å². The molecule has 6 nitrogen and oxygen atoms in total. The summed E-state index contributed by atoms with van der Waals surface area (Å²) in [5.41, 5.74) is 1.99. The Balaban J connectivity index is 2.12. The molecule has 0 radical (unpaired) electrons. The van der Waals surface area contributed by atoms with Gasteiger partial charge in [-0.15, -0.1) is 0 Å². The number of aryl methyl sites for hydroxylation is 1. The van der Waals surface area contributed by atoms with E-state index in [0.29, 0.717) is 24.8 Å². The van der Waals surface area contributed by atoms with Gasteiger partial charge in [0.2, 0.25) is 11.7 Å². The molecule has 0 aliphatic rings. The summed E-state index contributed by atoms with van der Waals surface area (Å²) in [5, 5.41) is 12.9. The number of hydrogen-bond acceptors (Lipinski definition) is 5. The highest BCUT2D eigenvalue weighted by molar-refractivity contribution is 5.69. The van der Waals surface area contributed by atoms with E-state index in [1.54, 1.807) is 4.90 Å². The minimum atomic E-state index is -0.859. The number of aromatic nitrogens is 2. The molecule has 1 aromatic carbocycles. The zero-order valence-corrected chi connectivity index (χ0v) is 12.2. The summed E-state index contributed by atoms with van der Waals surface area (Å²) in [6, 6.07) is 7.80. The van der Waals surface area contributed by atoms with Crippen molar-refractivity contribution in [3.05, 3.63) is 35.7 Å². The Morgan fingerprint density at radius 1 is 1.38 bits per heavy atom. The van der Waals surface area contributed by atoms with Crippen LogP contribution in [0.1, 0.15) is 24.8 Å². The SMILES string of the molecule is CCCN(CC(=O)O)Cc1nc(-c2ccccc2C)no1. The van der Waals surface area contributed by atoms with Crippen LogP contribution in [0.4, 0.5) is 0 Å². The van der Waals surface area contributed by atoms with Gasteiger partial charge < -0.3 is 9.63 Å². The number of carboxylic acids is 1. The molecule has 0 fully saturated rings. The molecule has 1 heterocycles. The molecule has 0 saturated carbocycles. The topological polar surface area (TPSA) is 79.5 Å². The van der Waals surface area contributed by atoms with Gasteiger partial charge in [0.1, 0.15) is 0 Å². The van der Waals surface area contributed by atoms with E-state index in [0.717, 1.165) is 17.5 Å². The summed E-state index contributed by atoms with van der Waals surface area (Å²) in [7, 11) is 0. The van der Waals surface area contributed by atoms with Crippen LogP contribution in [0, 0.1) is 6.92 Å². The van der Waals surface area contributed by atoms with E-state index in [-0.39, 0.29) is 6.54 Å². The number of carbonyl (C=O) groups is 1. The van der Waals surface area contributed by atoms with E-state index in [1.165, 1.54) is 0 Å². The molecule has 0 saturated heterocycles. The molecule has 0 spiro atoms. The summed E-state index contributed by atoms with van der Waals surface area (Å²) in [4.78, 5) is 17.0. The molecule has 2 rings (SSSR count). The van der Waals surface area contributed by atoms with Gasteiger partial charge >= 0.3 is 5.97 Å². The van der Waals surface area contributed by atoms with Gasteiger partial charge in [0.25, 0.3) is 0 Å². The number of nitrogens with zero attached hydrogens (tertiary/aromatic N) is 3. The monoisotopic (exact) mass is 289 g/mol. The van der Waals surface area contributed by atoms with Gasteiger partial charge in [-0.3, -0.25) is 9.69 Å². The molecule has 0 bridgehead atoms. The first-order valence-electron chi connectivity index (χ1n) is 6.93. The van der Waals surface area contributed by atoms with Crippen molar-refractivity contribution < 1.29 is 14.4 Å². The molecule has 21 heavy (non-hydrogen) atoms. The lowest BCUT2D eigenvalue weighted by molar-refractivity contribution is -0.138. The van der Waals surface area contributed by atoms with Gasteiger partial charge in [-0.25, -0.2) is 0 Å². The summed E-state index contributed by atoms with van der Waals surface area (Å²) in [6.45, 7) is 4.98. The Morgan fingerprint density at radius 2 is 2.14 bits per heavy atom. The van der Waals surface area contributed by atoms with Crippen molar-refractivity contribution in [3.8, 4) is 11.4 Å². The maximum atomic E-state index is 10.8. The number of rotatable bonds is 7. The van der Waals surface area contributed by atoms with E-state index in [4.69, 9.17) is 9.63 Å². The normalized spacial score (nSPS) is 11.0. The van der Waals surface area contributed by atoms with Crippen molar-refractivity contribution in [1.82, 2.24) is 15.0 Å². The standard InChI is InChI=1S/C15H19N3O3/c1-3-8-18(10-14(19)20)9-13-16-15(17-21-13)12-7-5-4-6-11(12)2/h4-7H,3,8-10H2,1-2H3,(H,19,20). The molecule has 0 amide bonds. The molecule has 2 aromatic rings. The van der Waals surface area contributed by atoms with E-state index in [9.17, 15) is 4.79 Å². The maximum Gasteiger partial charge on any atom is 0.317 e. The fourth-order valence-electron chi connectivity index (χ4n) is 2.17. The predicted molar refractivity (Wildman–Crippen MR) is 77.7 cm³/mol. The Kier molecular flexibility index (Phi) is 5.05. The second-order valence-corrected chi connectivity index (χ2v) is 4.93. The lowest BCUT2D eigenvalue weighted by atomic mass is 10.1. The second-order valence-electron chi connectivity index (χ2n) is 4.93. The van der Waals surface area contributed by atoms with Crippen LogP contribution in [0.3, 0.4) is 0 Å². The molecule has 0 aliphatic heterocycles. The third kappa shape index (κ3) is 4.13. The van der Waals surface area contributed by atoms with Gasteiger partial charge in [-0.05, 0) is 25.5 Å². The summed E-state index contributed by atoms with van der Waals surface area (Å²) >= 11 is 0. The lowest BCUT2D eigenvalue weighted by Crippen LogP contribution is -2.30. The highest BCUT2D eigenvalue weighted by Gasteiger charge is 2.15. The zero-order chi connectivity index (χ0) is 15.2. The first kappa shape index (κ1) is 15.2. The molecule has 0 unspecified atom stereocenters. The fourth-order valence-corrected chi connectivity index (χ4v) is 2.17. The van der Waals surface area contributed by atoms with E-state index in [1.807, 2.05) is 38.1 Å². The average molecular weight is 289 g/mol. The van der Waals surface area contributed by atoms with E-state index in [2.05, 4.69) is 10.1 Å². The van der Waals surface area contributed by atoms with Crippen molar-refractivity contribution in [1.29, 1.82) is 0 Å². The van der Waals surface area contributed by atoms with Crippen molar-refractivity contribution in [3.63, 3.8) is 0 Å².